The zero-order valence-electron chi connectivity index (χ0n) is 15.1. The van der Waals surface area contributed by atoms with Crippen molar-refractivity contribution in [1.29, 1.82) is 0 Å². The number of benzene rings is 1. The lowest BCUT2D eigenvalue weighted by Crippen LogP contribution is -2.23. The molecule has 0 radical (unpaired) electrons. The van der Waals surface area contributed by atoms with Gasteiger partial charge in [0.1, 0.15) is 0 Å². The topological polar surface area (TPSA) is 35.5 Å². The van der Waals surface area contributed by atoms with Crippen molar-refractivity contribution in [3.63, 3.8) is 0 Å². The van der Waals surface area contributed by atoms with E-state index in [0.717, 1.165) is 12.8 Å². The van der Waals surface area contributed by atoms with Gasteiger partial charge in [0.05, 0.1) is 6.61 Å². The number of rotatable bonds is 6. The fourth-order valence-electron chi connectivity index (χ4n) is 3.22. The first-order valence-electron chi connectivity index (χ1n) is 7.96. The Bertz CT molecular complexity index is 510. The standard InChI is InChI=1S/C19H30O3/c1-8-21-17-11-15(9-10-16(17)22-14(2)20)12-19(6,7)13-18(3,4)5/h9-11H,8,12-13H2,1-7H3. The fraction of sp³-hybridized carbons (Fsp3) is 0.632. The van der Waals surface area contributed by atoms with Crippen LogP contribution in [-0.2, 0) is 11.2 Å². The number of carbonyl (C=O) groups is 1. The van der Waals surface area contributed by atoms with Gasteiger partial charge in [0, 0.05) is 6.92 Å². The van der Waals surface area contributed by atoms with E-state index in [-0.39, 0.29) is 11.4 Å². The fourth-order valence-corrected chi connectivity index (χ4v) is 3.22. The molecule has 0 aromatic heterocycles. The van der Waals surface area contributed by atoms with Crippen molar-refractivity contribution in [2.75, 3.05) is 6.61 Å². The van der Waals surface area contributed by atoms with Gasteiger partial charge in [-0.25, -0.2) is 0 Å². The molecule has 1 aromatic rings. The van der Waals surface area contributed by atoms with Crippen molar-refractivity contribution in [2.45, 2.75) is 61.3 Å². The number of hydrogen-bond donors (Lipinski definition) is 0. The molecule has 1 rings (SSSR count). The highest BCUT2D eigenvalue weighted by Crippen LogP contribution is 2.37. The minimum Gasteiger partial charge on any atom is -0.490 e. The Morgan fingerprint density at radius 3 is 2.23 bits per heavy atom. The number of ether oxygens (including phenoxy) is 2. The van der Waals surface area contributed by atoms with Crippen LogP contribution in [0.3, 0.4) is 0 Å². The molecule has 0 bridgehead atoms. The first-order chi connectivity index (χ1) is 10.0. The van der Waals surface area contributed by atoms with Crippen LogP contribution in [0.4, 0.5) is 0 Å². The van der Waals surface area contributed by atoms with Gasteiger partial charge in [0.15, 0.2) is 11.5 Å². The Labute approximate surface area is 135 Å². The van der Waals surface area contributed by atoms with Crippen LogP contribution in [0.5, 0.6) is 11.5 Å². The lowest BCUT2D eigenvalue weighted by molar-refractivity contribution is -0.132. The van der Waals surface area contributed by atoms with Crippen molar-refractivity contribution < 1.29 is 14.3 Å². The van der Waals surface area contributed by atoms with Crippen molar-refractivity contribution >= 4 is 5.97 Å². The van der Waals surface area contributed by atoms with E-state index >= 15 is 0 Å². The molecule has 0 aliphatic rings. The van der Waals surface area contributed by atoms with Crippen LogP contribution in [0.1, 0.15) is 60.5 Å². The summed E-state index contributed by atoms with van der Waals surface area (Å²) in [5, 5.41) is 0. The third kappa shape index (κ3) is 6.50. The molecule has 0 spiro atoms. The summed E-state index contributed by atoms with van der Waals surface area (Å²) in [4.78, 5) is 11.2. The lowest BCUT2D eigenvalue weighted by Gasteiger charge is -2.32. The summed E-state index contributed by atoms with van der Waals surface area (Å²) in [6.45, 7) is 15.3. The van der Waals surface area contributed by atoms with E-state index in [2.05, 4.69) is 34.6 Å². The van der Waals surface area contributed by atoms with Gasteiger partial charge in [0.2, 0.25) is 0 Å². The van der Waals surface area contributed by atoms with E-state index in [1.54, 1.807) is 0 Å². The van der Waals surface area contributed by atoms with Gasteiger partial charge in [0.25, 0.3) is 0 Å². The third-order valence-corrected chi connectivity index (χ3v) is 3.25. The van der Waals surface area contributed by atoms with E-state index in [4.69, 9.17) is 9.47 Å². The summed E-state index contributed by atoms with van der Waals surface area (Å²) in [7, 11) is 0. The molecule has 0 atom stereocenters. The minimum atomic E-state index is -0.332. The summed E-state index contributed by atoms with van der Waals surface area (Å²) in [5.74, 6) is 0.801. The lowest BCUT2D eigenvalue weighted by atomic mass is 9.73. The first-order valence-corrected chi connectivity index (χ1v) is 7.96. The molecule has 0 amide bonds. The van der Waals surface area contributed by atoms with E-state index in [1.807, 2.05) is 25.1 Å². The van der Waals surface area contributed by atoms with E-state index < -0.39 is 0 Å². The van der Waals surface area contributed by atoms with Crippen molar-refractivity contribution in [3.05, 3.63) is 23.8 Å². The number of carbonyl (C=O) groups excluding carboxylic acids is 1. The number of esters is 1. The maximum atomic E-state index is 11.2. The van der Waals surface area contributed by atoms with Crippen LogP contribution in [-0.4, -0.2) is 12.6 Å². The van der Waals surface area contributed by atoms with Crippen LogP contribution in [0.25, 0.3) is 0 Å². The smallest absolute Gasteiger partial charge is 0.308 e. The van der Waals surface area contributed by atoms with Gasteiger partial charge < -0.3 is 9.47 Å². The van der Waals surface area contributed by atoms with Gasteiger partial charge in [-0.15, -0.1) is 0 Å². The Morgan fingerprint density at radius 2 is 1.73 bits per heavy atom. The van der Waals surface area contributed by atoms with E-state index in [9.17, 15) is 4.79 Å². The summed E-state index contributed by atoms with van der Waals surface area (Å²) in [6.07, 6.45) is 2.10. The molecular formula is C19H30O3. The highest BCUT2D eigenvalue weighted by molar-refractivity contribution is 5.70. The van der Waals surface area contributed by atoms with Crippen molar-refractivity contribution in [1.82, 2.24) is 0 Å². The van der Waals surface area contributed by atoms with Gasteiger partial charge in [-0.1, -0.05) is 40.7 Å². The van der Waals surface area contributed by atoms with Gasteiger partial charge in [-0.05, 0) is 48.3 Å². The van der Waals surface area contributed by atoms with Crippen LogP contribution in [0.15, 0.2) is 18.2 Å². The summed E-state index contributed by atoms with van der Waals surface area (Å²) < 4.78 is 10.8. The Balaban J connectivity index is 2.96. The maximum Gasteiger partial charge on any atom is 0.308 e. The first kappa shape index (κ1) is 18.5. The average molecular weight is 306 g/mol. The molecule has 124 valence electrons. The average Bonchev–Trinajstić information content (AvgIpc) is 2.28. The van der Waals surface area contributed by atoms with Gasteiger partial charge in [-0.3, -0.25) is 4.79 Å². The predicted octanol–water partition coefficient (Wildman–Crippen LogP) is 5.02. The molecule has 0 fully saturated rings. The molecule has 3 heteroatoms. The molecule has 22 heavy (non-hydrogen) atoms. The molecule has 0 aliphatic heterocycles. The molecular weight excluding hydrogens is 276 g/mol. The third-order valence-electron chi connectivity index (χ3n) is 3.25. The Morgan fingerprint density at radius 1 is 1.09 bits per heavy atom. The van der Waals surface area contributed by atoms with Crippen LogP contribution in [0.2, 0.25) is 0 Å². The SMILES string of the molecule is CCOc1cc(CC(C)(C)CC(C)(C)C)ccc1OC(C)=O. The minimum absolute atomic E-state index is 0.199. The normalized spacial score (nSPS) is 12.1. The predicted molar refractivity (Wildman–Crippen MR) is 90.5 cm³/mol. The highest BCUT2D eigenvalue weighted by atomic mass is 16.6. The summed E-state index contributed by atoms with van der Waals surface area (Å²) >= 11 is 0. The quantitative estimate of drug-likeness (QED) is 0.547. The second-order valence-electron chi connectivity index (χ2n) is 7.89. The molecule has 0 saturated heterocycles. The Kier molecular flexibility index (Phi) is 6.04. The number of hydrogen-bond acceptors (Lipinski definition) is 3. The molecule has 3 nitrogen and oxygen atoms in total. The van der Waals surface area contributed by atoms with E-state index in [1.165, 1.54) is 12.5 Å². The summed E-state index contributed by atoms with van der Waals surface area (Å²) in [6, 6.07) is 5.84. The van der Waals surface area contributed by atoms with E-state index in [0.29, 0.717) is 23.5 Å². The van der Waals surface area contributed by atoms with Crippen molar-refractivity contribution in [2.24, 2.45) is 10.8 Å². The molecule has 0 saturated carbocycles. The Hall–Kier alpha value is -1.51. The van der Waals surface area contributed by atoms with Crippen LogP contribution in [0, 0.1) is 10.8 Å². The molecule has 1 aromatic carbocycles. The summed E-state index contributed by atoms with van der Waals surface area (Å²) in [5.41, 5.74) is 1.70. The monoisotopic (exact) mass is 306 g/mol. The molecule has 0 unspecified atom stereocenters. The highest BCUT2D eigenvalue weighted by Gasteiger charge is 2.26. The molecule has 0 N–H and O–H groups in total. The zero-order valence-corrected chi connectivity index (χ0v) is 15.1. The second kappa shape index (κ2) is 7.17. The molecule has 0 heterocycles. The van der Waals surface area contributed by atoms with Gasteiger partial charge in [-0.2, -0.15) is 0 Å². The van der Waals surface area contributed by atoms with Crippen LogP contribution < -0.4 is 9.47 Å². The van der Waals surface area contributed by atoms with Gasteiger partial charge >= 0.3 is 5.97 Å². The largest absolute Gasteiger partial charge is 0.490 e. The maximum absolute atomic E-state index is 11.2. The van der Waals surface area contributed by atoms with Crippen molar-refractivity contribution in [3.8, 4) is 11.5 Å². The van der Waals surface area contributed by atoms with Crippen LogP contribution >= 0.6 is 0 Å². The second-order valence-corrected chi connectivity index (χ2v) is 7.89. The zero-order chi connectivity index (χ0) is 17.0. The molecule has 0 aliphatic carbocycles.